The van der Waals surface area contributed by atoms with Gasteiger partial charge in [-0.3, -0.25) is 4.79 Å². The van der Waals surface area contributed by atoms with Crippen molar-refractivity contribution in [3.8, 4) is 5.75 Å². The van der Waals surface area contributed by atoms with E-state index in [1.54, 1.807) is 29.4 Å². The molecule has 0 aliphatic carbocycles. The second-order valence-corrected chi connectivity index (χ2v) is 6.04. The lowest BCUT2D eigenvalue weighted by molar-refractivity contribution is 0.0792. The fourth-order valence-electron chi connectivity index (χ4n) is 1.98. The zero-order valence-electron chi connectivity index (χ0n) is 13.1. The van der Waals surface area contributed by atoms with Crippen LogP contribution in [0, 0.1) is 6.92 Å². The van der Waals surface area contributed by atoms with Gasteiger partial charge in [0, 0.05) is 25.5 Å². The average Bonchev–Trinajstić information content (AvgIpc) is 2.95. The number of thiazole rings is 1. The minimum absolute atomic E-state index is 0.0414. The predicted octanol–water partition coefficient (Wildman–Crippen LogP) is 2.32. The summed E-state index contributed by atoms with van der Waals surface area (Å²) in [6.07, 6.45) is 0. The number of likely N-dealkylation sites (N-methyl/N-ethyl adjacent to an activating group) is 2. The molecule has 1 N–H and O–H groups in total. The summed E-state index contributed by atoms with van der Waals surface area (Å²) < 4.78 is 5.79. The molecule has 1 aromatic carbocycles. The first-order chi connectivity index (χ1) is 10.6. The van der Waals surface area contributed by atoms with Crippen LogP contribution in [-0.4, -0.2) is 43.0 Å². The van der Waals surface area contributed by atoms with Crippen molar-refractivity contribution < 1.29 is 9.53 Å². The molecule has 2 rings (SSSR count). The van der Waals surface area contributed by atoms with E-state index in [9.17, 15) is 4.79 Å². The number of nitrogens with one attached hydrogen (secondary N) is 1. The van der Waals surface area contributed by atoms with Gasteiger partial charge in [-0.25, -0.2) is 4.98 Å². The van der Waals surface area contributed by atoms with E-state index in [0.29, 0.717) is 24.5 Å². The van der Waals surface area contributed by atoms with E-state index < -0.39 is 0 Å². The van der Waals surface area contributed by atoms with Gasteiger partial charge in [0.1, 0.15) is 12.4 Å². The van der Waals surface area contributed by atoms with Crippen molar-refractivity contribution in [1.82, 2.24) is 15.2 Å². The molecule has 0 aliphatic heterocycles. The first kappa shape index (κ1) is 16.5. The number of carbonyl (C=O) groups is 1. The summed E-state index contributed by atoms with van der Waals surface area (Å²) in [4.78, 5) is 18.5. The number of nitrogens with zero attached hydrogens (tertiary/aromatic N) is 2. The minimum Gasteiger partial charge on any atom is -0.486 e. The van der Waals surface area contributed by atoms with Gasteiger partial charge in [-0.2, -0.15) is 0 Å². The van der Waals surface area contributed by atoms with Crippen LogP contribution in [-0.2, 0) is 6.61 Å². The molecule has 0 aliphatic rings. The third-order valence-electron chi connectivity index (χ3n) is 3.20. The van der Waals surface area contributed by atoms with Crippen LogP contribution >= 0.6 is 11.3 Å². The van der Waals surface area contributed by atoms with Gasteiger partial charge < -0.3 is 15.0 Å². The van der Waals surface area contributed by atoms with Gasteiger partial charge in [-0.1, -0.05) is 12.1 Å². The zero-order chi connectivity index (χ0) is 15.9. The lowest BCUT2D eigenvalue weighted by atomic mass is 10.1. The number of rotatable bonds is 7. The summed E-state index contributed by atoms with van der Waals surface area (Å²) in [5, 5.41) is 6.02. The Kier molecular flexibility index (Phi) is 5.91. The molecule has 6 heteroatoms. The minimum atomic E-state index is -0.0414. The molecule has 0 unspecified atom stereocenters. The SMILES string of the molecule is CNCCN(C)C(=O)c1ccccc1OCc1csc(C)n1. The first-order valence-corrected chi connectivity index (χ1v) is 8.02. The number of aromatic nitrogens is 1. The van der Waals surface area contributed by atoms with Gasteiger partial charge in [0.25, 0.3) is 5.91 Å². The lowest BCUT2D eigenvalue weighted by Crippen LogP contribution is -2.33. The molecule has 0 fully saturated rings. The van der Waals surface area contributed by atoms with Crippen molar-refractivity contribution in [3.05, 3.63) is 45.9 Å². The van der Waals surface area contributed by atoms with Gasteiger partial charge >= 0.3 is 0 Å². The molecule has 0 spiro atoms. The fraction of sp³-hybridized carbons (Fsp3) is 0.375. The second-order valence-electron chi connectivity index (χ2n) is 4.97. The molecule has 1 amide bonds. The van der Waals surface area contributed by atoms with Crippen molar-refractivity contribution in [2.24, 2.45) is 0 Å². The number of para-hydroxylation sites is 1. The summed E-state index contributed by atoms with van der Waals surface area (Å²) in [5.41, 5.74) is 1.46. The highest BCUT2D eigenvalue weighted by molar-refractivity contribution is 7.09. The maximum Gasteiger partial charge on any atom is 0.257 e. The Morgan fingerprint density at radius 3 is 2.86 bits per heavy atom. The highest BCUT2D eigenvalue weighted by Crippen LogP contribution is 2.21. The maximum absolute atomic E-state index is 12.5. The summed E-state index contributed by atoms with van der Waals surface area (Å²) in [6, 6.07) is 7.32. The maximum atomic E-state index is 12.5. The van der Waals surface area contributed by atoms with Crippen LogP contribution in [0.5, 0.6) is 5.75 Å². The van der Waals surface area contributed by atoms with E-state index in [1.807, 2.05) is 37.6 Å². The van der Waals surface area contributed by atoms with Crippen molar-refractivity contribution >= 4 is 17.2 Å². The summed E-state index contributed by atoms with van der Waals surface area (Å²) >= 11 is 1.59. The van der Waals surface area contributed by atoms with Crippen LogP contribution in [0.25, 0.3) is 0 Å². The van der Waals surface area contributed by atoms with Crippen LogP contribution in [0.4, 0.5) is 0 Å². The Labute approximate surface area is 134 Å². The normalized spacial score (nSPS) is 10.5. The second kappa shape index (κ2) is 7.91. The van der Waals surface area contributed by atoms with E-state index in [0.717, 1.165) is 17.2 Å². The van der Waals surface area contributed by atoms with Gasteiger partial charge in [0.2, 0.25) is 0 Å². The van der Waals surface area contributed by atoms with Crippen LogP contribution in [0.3, 0.4) is 0 Å². The van der Waals surface area contributed by atoms with E-state index in [2.05, 4.69) is 10.3 Å². The number of benzene rings is 1. The van der Waals surface area contributed by atoms with Gasteiger partial charge in [-0.05, 0) is 26.1 Å². The van der Waals surface area contributed by atoms with Crippen LogP contribution in [0.2, 0.25) is 0 Å². The Morgan fingerprint density at radius 1 is 1.41 bits per heavy atom. The van der Waals surface area contributed by atoms with E-state index >= 15 is 0 Å². The Balaban J connectivity index is 2.07. The molecule has 0 saturated carbocycles. The van der Waals surface area contributed by atoms with Crippen LogP contribution in [0.15, 0.2) is 29.6 Å². The standard InChI is InChI=1S/C16H21N3O2S/c1-12-18-13(11-22-12)10-21-15-7-5-4-6-14(15)16(20)19(3)9-8-17-2/h4-7,11,17H,8-10H2,1-3H3. The van der Waals surface area contributed by atoms with Crippen molar-refractivity contribution in [2.45, 2.75) is 13.5 Å². The van der Waals surface area contributed by atoms with Gasteiger partial charge in [0.05, 0.1) is 16.3 Å². The fourth-order valence-corrected chi connectivity index (χ4v) is 2.58. The summed E-state index contributed by atoms with van der Waals surface area (Å²) in [7, 11) is 3.66. The van der Waals surface area contributed by atoms with Crippen LogP contribution in [0.1, 0.15) is 21.1 Å². The monoisotopic (exact) mass is 319 g/mol. The number of aryl methyl sites for hydroxylation is 1. The van der Waals surface area contributed by atoms with E-state index in [4.69, 9.17) is 4.74 Å². The van der Waals surface area contributed by atoms with Gasteiger partial charge in [0.15, 0.2) is 0 Å². The molecule has 5 nitrogen and oxygen atoms in total. The van der Waals surface area contributed by atoms with Crippen LogP contribution < -0.4 is 10.1 Å². The van der Waals surface area contributed by atoms with Crippen molar-refractivity contribution in [1.29, 1.82) is 0 Å². The van der Waals surface area contributed by atoms with Gasteiger partial charge in [-0.15, -0.1) is 11.3 Å². The number of ether oxygens (including phenoxy) is 1. The molecule has 0 radical (unpaired) electrons. The van der Waals surface area contributed by atoms with Crippen molar-refractivity contribution in [3.63, 3.8) is 0 Å². The number of hydrogen-bond acceptors (Lipinski definition) is 5. The number of amides is 1. The molecule has 0 saturated heterocycles. The molecule has 1 heterocycles. The highest BCUT2D eigenvalue weighted by atomic mass is 32.1. The summed E-state index contributed by atoms with van der Waals surface area (Å²) in [5.74, 6) is 0.551. The number of hydrogen-bond donors (Lipinski definition) is 1. The predicted molar refractivity (Wildman–Crippen MR) is 88.5 cm³/mol. The molecule has 1 aromatic heterocycles. The Hall–Kier alpha value is -1.92. The largest absolute Gasteiger partial charge is 0.486 e. The van der Waals surface area contributed by atoms with E-state index in [-0.39, 0.29) is 5.91 Å². The topological polar surface area (TPSA) is 54.5 Å². The average molecular weight is 319 g/mol. The highest BCUT2D eigenvalue weighted by Gasteiger charge is 2.16. The Bertz CT molecular complexity index is 627. The third kappa shape index (κ3) is 4.29. The smallest absolute Gasteiger partial charge is 0.257 e. The lowest BCUT2D eigenvalue weighted by Gasteiger charge is -2.18. The molecule has 118 valence electrons. The molecule has 0 bridgehead atoms. The van der Waals surface area contributed by atoms with Crippen molar-refractivity contribution in [2.75, 3.05) is 27.2 Å². The quantitative estimate of drug-likeness (QED) is 0.851. The molecular formula is C16H21N3O2S. The number of carbonyl (C=O) groups excluding carboxylic acids is 1. The molecule has 0 atom stereocenters. The third-order valence-corrected chi connectivity index (χ3v) is 4.03. The molecule has 22 heavy (non-hydrogen) atoms. The van der Waals surface area contributed by atoms with E-state index in [1.165, 1.54) is 0 Å². The first-order valence-electron chi connectivity index (χ1n) is 7.14. The molecule has 2 aromatic rings. The molecular weight excluding hydrogens is 298 g/mol. The summed E-state index contributed by atoms with van der Waals surface area (Å²) in [6.45, 7) is 3.73. The Morgan fingerprint density at radius 2 is 2.18 bits per heavy atom. The zero-order valence-corrected chi connectivity index (χ0v) is 13.9.